The molecule has 1 saturated carbocycles. The highest BCUT2D eigenvalue weighted by Gasteiger charge is 2.65. The molecule has 0 bridgehead atoms. The summed E-state index contributed by atoms with van der Waals surface area (Å²) in [4.78, 5) is 34.2. The average Bonchev–Trinajstić information content (AvgIpc) is 3.31. The maximum atomic E-state index is 14.7. The van der Waals surface area contributed by atoms with Gasteiger partial charge in [-0.1, -0.05) is 72.6 Å². The van der Waals surface area contributed by atoms with Crippen LogP contribution in [0.1, 0.15) is 93.1 Å². The van der Waals surface area contributed by atoms with Crippen molar-refractivity contribution in [2.75, 3.05) is 59.4 Å². The largest absolute Gasteiger partial charge is 0.459 e. The normalized spacial score (nSPS) is 22.6. The van der Waals surface area contributed by atoms with Crippen molar-refractivity contribution in [2.45, 2.75) is 95.7 Å². The first-order chi connectivity index (χ1) is 32.0. The van der Waals surface area contributed by atoms with E-state index in [1.807, 2.05) is 69.3 Å². The van der Waals surface area contributed by atoms with Gasteiger partial charge in [0.15, 0.2) is 0 Å². The minimum Gasteiger partial charge on any atom is -0.459 e. The molecule has 1 fully saturated rings. The van der Waals surface area contributed by atoms with E-state index in [9.17, 15) is 24.9 Å². The van der Waals surface area contributed by atoms with E-state index >= 15 is 0 Å². The maximum absolute atomic E-state index is 14.7. The van der Waals surface area contributed by atoms with E-state index in [-0.39, 0.29) is 83.6 Å². The Hall–Kier alpha value is -5.09. The van der Waals surface area contributed by atoms with Crippen LogP contribution in [0.5, 0.6) is 17.2 Å². The zero-order valence-corrected chi connectivity index (χ0v) is 38.7. The molecule has 1 aliphatic heterocycles. The predicted octanol–water partition coefficient (Wildman–Crippen LogP) is 8.39. The molecular weight excluding hydrogens is 845 g/mol. The van der Waals surface area contributed by atoms with E-state index in [0.29, 0.717) is 48.0 Å². The number of ether oxygens (including phenoxy) is 6. The van der Waals surface area contributed by atoms with Crippen molar-refractivity contribution in [3.8, 4) is 17.2 Å². The summed E-state index contributed by atoms with van der Waals surface area (Å²) >= 11 is 0. The Bertz CT molecular complexity index is 2090. The number of fused-ring (bicyclic) bond motifs is 2. The van der Waals surface area contributed by atoms with Crippen molar-refractivity contribution >= 4 is 18.1 Å². The second-order valence-corrected chi connectivity index (χ2v) is 18.0. The third-order valence-electron chi connectivity index (χ3n) is 12.2. The van der Waals surface area contributed by atoms with Gasteiger partial charge < -0.3 is 48.6 Å². The van der Waals surface area contributed by atoms with E-state index in [1.165, 1.54) is 0 Å². The van der Waals surface area contributed by atoms with E-state index in [2.05, 4.69) is 12.7 Å². The fourth-order valence-corrected chi connectivity index (χ4v) is 9.43. The molecule has 1 heterocycles. The number of allylic oxidation sites excluding steroid dienone is 1. The van der Waals surface area contributed by atoms with Gasteiger partial charge in [0.25, 0.3) is 0 Å². The van der Waals surface area contributed by atoms with Crippen molar-refractivity contribution in [1.82, 2.24) is 4.90 Å². The van der Waals surface area contributed by atoms with Crippen LogP contribution in [-0.4, -0.2) is 115 Å². The molecule has 6 unspecified atom stereocenters. The van der Waals surface area contributed by atoms with Crippen molar-refractivity contribution in [3.05, 3.63) is 114 Å². The number of carbonyl (C=O) groups is 2. The monoisotopic (exact) mass is 912 g/mol. The number of aliphatic hydroxyl groups is 3. The number of benzene rings is 3. The van der Waals surface area contributed by atoms with Crippen LogP contribution in [0.3, 0.4) is 0 Å². The van der Waals surface area contributed by atoms with Gasteiger partial charge in [0.1, 0.15) is 41.8 Å². The molecule has 3 aromatic rings. The summed E-state index contributed by atoms with van der Waals surface area (Å²) in [5, 5.41) is 34.4. The van der Waals surface area contributed by atoms with E-state index in [4.69, 9.17) is 38.4 Å². The Morgan fingerprint density at radius 3 is 2.39 bits per heavy atom. The molecule has 3 N–H and O–H groups in total. The number of hydrogen-bond acceptors (Lipinski definition) is 13. The van der Waals surface area contributed by atoms with E-state index in [0.717, 1.165) is 48.7 Å². The van der Waals surface area contributed by atoms with Crippen LogP contribution in [-0.2, 0) is 30.4 Å². The lowest BCUT2D eigenvalue weighted by Gasteiger charge is -2.59. The first-order valence-electron chi connectivity index (χ1n) is 23.3. The lowest BCUT2D eigenvalue weighted by atomic mass is 9.55. The van der Waals surface area contributed by atoms with Crippen LogP contribution in [0.2, 0.25) is 0 Å². The molecule has 6 rings (SSSR count). The average molecular weight is 913 g/mol. The first-order valence-corrected chi connectivity index (χ1v) is 23.3. The number of oxime groups is 1. The second-order valence-electron chi connectivity index (χ2n) is 18.0. The number of amides is 1. The summed E-state index contributed by atoms with van der Waals surface area (Å²) in [6, 6.07) is 21.5. The van der Waals surface area contributed by atoms with Gasteiger partial charge in [0.05, 0.1) is 51.3 Å². The highest BCUT2D eigenvalue weighted by Crippen LogP contribution is 2.62. The molecule has 3 aliphatic rings. The van der Waals surface area contributed by atoms with Crippen LogP contribution in [0.25, 0.3) is 0 Å². The Morgan fingerprint density at radius 2 is 1.67 bits per heavy atom. The number of unbranched alkanes of at least 4 members (excludes halogenated alkanes) is 2. The maximum Gasteiger partial charge on any atom is 0.410 e. The van der Waals surface area contributed by atoms with Crippen LogP contribution in [0.15, 0.2) is 102 Å². The van der Waals surface area contributed by atoms with Gasteiger partial charge in [-0.2, -0.15) is 0 Å². The lowest BCUT2D eigenvalue weighted by molar-refractivity contribution is -0.256. The van der Waals surface area contributed by atoms with Gasteiger partial charge in [0.2, 0.25) is 5.79 Å². The number of aliphatic hydroxyl groups excluding tert-OH is 3. The highest BCUT2D eigenvalue weighted by molar-refractivity contribution is 6.03. The molecule has 2 aliphatic carbocycles. The summed E-state index contributed by atoms with van der Waals surface area (Å²) in [5.74, 6) is -0.833. The van der Waals surface area contributed by atoms with E-state index in [1.54, 1.807) is 35.2 Å². The summed E-state index contributed by atoms with van der Waals surface area (Å²) < 4.78 is 38.5. The van der Waals surface area contributed by atoms with Gasteiger partial charge in [-0.3, -0.25) is 9.69 Å². The fourth-order valence-electron chi connectivity index (χ4n) is 9.43. The molecule has 6 atom stereocenters. The standard InChI is InChI=1S/C52H68N2O12/c1-5-26-63-52-47(54(22-27-60-28-25-57)50(59)62-30-29-61-36-37-14-7-6-8-15-37)34-45(53-66-51(2,3)4)43-32-39(17-9-11-23-55)42(19-10-12-24-56)48(49(43)52)44-33-41(20-21-46(44)65-52)64-40-18-13-16-38(31-40)35-58/h5-8,13-16,18,20-21,31-33,35,39,42,47-49,55-57H,1,9-12,17,19,22-30,34,36H2,2-4H3. The van der Waals surface area contributed by atoms with Gasteiger partial charge in [-0.25, -0.2) is 4.79 Å². The van der Waals surface area contributed by atoms with E-state index < -0.39 is 29.4 Å². The summed E-state index contributed by atoms with van der Waals surface area (Å²) in [6.07, 6.45) is 8.57. The summed E-state index contributed by atoms with van der Waals surface area (Å²) in [6.45, 7) is 10.5. The lowest BCUT2D eigenvalue weighted by Crippen LogP contribution is -2.70. The smallest absolute Gasteiger partial charge is 0.410 e. The SMILES string of the molecule is C=CCOC12Oc3ccc(Oc4cccc(C=O)c4)cc3C3C(CCCCO)C(CCCCO)C=C(C(=NOC(C)(C)C)CC1N(CCOCCO)C(=O)OCCOCc1ccccc1)C32. The van der Waals surface area contributed by atoms with Crippen LogP contribution < -0.4 is 9.47 Å². The van der Waals surface area contributed by atoms with Gasteiger partial charge in [-0.15, -0.1) is 6.58 Å². The molecular formula is C52H68N2O12. The van der Waals surface area contributed by atoms with Crippen molar-refractivity contribution in [2.24, 2.45) is 22.9 Å². The second kappa shape index (κ2) is 24.6. The molecule has 14 heteroatoms. The number of hydrogen-bond donors (Lipinski definition) is 3. The zero-order valence-electron chi connectivity index (χ0n) is 38.7. The molecule has 0 radical (unpaired) electrons. The third kappa shape index (κ3) is 12.9. The number of nitrogens with zero attached hydrogens (tertiary/aromatic N) is 2. The molecule has 0 spiro atoms. The number of aldehydes is 1. The summed E-state index contributed by atoms with van der Waals surface area (Å²) in [7, 11) is 0. The minimum absolute atomic E-state index is 0.0172. The molecule has 14 nitrogen and oxygen atoms in total. The fraction of sp³-hybridized carbons (Fsp3) is 0.519. The van der Waals surface area contributed by atoms with Gasteiger partial charge in [0, 0.05) is 43.2 Å². The molecule has 66 heavy (non-hydrogen) atoms. The zero-order chi connectivity index (χ0) is 46.9. The molecule has 3 aromatic carbocycles. The van der Waals surface area contributed by atoms with Crippen molar-refractivity contribution < 1.29 is 58.2 Å². The van der Waals surface area contributed by atoms with Gasteiger partial charge in [-0.05, 0) is 99.8 Å². The highest BCUT2D eigenvalue weighted by atomic mass is 16.7. The van der Waals surface area contributed by atoms with Gasteiger partial charge >= 0.3 is 6.09 Å². The summed E-state index contributed by atoms with van der Waals surface area (Å²) in [5.41, 5.74) is 3.22. The van der Waals surface area contributed by atoms with Crippen molar-refractivity contribution in [1.29, 1.82) is 0 Å². The Balaban J connectivity index is 1.51. The predicted molar refractivity (Wildman–Crippen MR) is 250 cm³/mol. The Labute approximate surface area is 389 Å². The quantitative estimate of drug-likeness (QED) is 0.0304. The Morgan fingerprint density at radius 1 is 0.894 bits per heavy atom. The Kier molecular flexibility index (Phi) is 18.8. The molecule has 0 aromatic heterocycles. The first kappa shape index (κ1) is 50.3. The molecule has 358 valence electrons. The number of carbonyl (C=O) groups excluding carboxylic acids is 2. The van der Waals surface area contributed by atoms with Crippen LogP contribution in [0.4, 0.5) is 4.79 Å². The topological polar surface area (TPSA) is 175 Å². The molecule has 1 amide bonds. The van der Waals surface area contributed by atoms with Crippen LogP contribution >= 0.6 is 0 Å². The number of rotatable bonds is 26. The van der Waals surface area contributed by atoms with Crippen LogP contribution in [0, 0.1) is 17.8 Å². The molecule has 0 saturated heterocycles. The minimum atomic E-state index is -1.54. The third-order valence-corrected chi connectivity index (χ3v) is 12.2. The van der Waals surface area contributed by atoms with Crippen molar-refractivity contribution in [3.63, 3.8) is 0 Å².